The zero-order valence-electron chi connectivity index (χ0n) is 25.1. The van der Waals surface area contributed by atoms with Gasteiger partial charge in [0, 0.05) is 12.4 Å². The van der Waals surface area contributed by atoms with Crippen LogP contribution in [0.2, 0.25) is 0 Å². The highest BCUT2D eigenvalue weighted by Crippen LogP contribution is 2.08. The first-order chi connectivity index (χ1) is 22.3. The highest BCUT2D eigenvalue weighted by molar-refractivity contribution is 6.80. The van der Waals surface area contributed by atoms with Gasteiger partial charge in [0.1, 0.15) is 0 Å². The van der Waals surface area contributed by atoms with Crippen molar-refractivity contribution in [2.75, 3.05) is 0 Å². The fourth-order valence-electron chi connectivity index (χ4n) is 5.19. The van der Waals surface area contributed by atoms with Crippen molar-refractivity contribution < 1.29 is 14.0 Å². The Balaban J connectivity index is 1.06. The van der Waals surface area contributed by atoms with Crippen LogP contribution in [0, 0.1) is 0 Å². The quantitative estimate of drug-likeness (QED) is 0.171. The molecule has 0 aliphatic heterocycles. The zero-order chi connectivity index (χ0) is 30.5. The topological polar surface area (TPSA) is 53.5 Å². The molecule has 0 N–H and O–H groups in total. The lowest BCUT2D eigenvalue weighted by atomic mass is 9.55. The molecule has 0 aliphatic carbocycles. The molecule has 220 valence electrons. The summed E-state index contributed by atoms with van der Waals surface area (Å²) in [6.07, 6.45) is 3.58. The summed E-state index contributed by atoms with van der Waals surface area (Å²) in [7, 11) is 0. The molecule has 2 aromatic heterocycles. The van der Waals surface area contributed by atoms with Crippen LogP contribution < -0.4 is 21.9 Å². The van der Waals surface area contributed by atoms with Crippen LogP contribution in [-0.2, 0) is 40.5 Å². The number of hydrogen-bond donors (Lipinski definition) is 0. The largest absolute Gasteiger partial charge is 0.421 e. The molecule has 0 saturated heterocycles. The molecular formula is C38H34B2N2O3. The van der Waals surface area contributed by atoms with E-state index in [0.29, 0.717) is 26.4 Å². The molecule has 0 amide bonds. The predicted molar refractivity (Wildman–Crippen MR) is 182 cm³/mol. The SMILES string of the molecule is c1ccc(B(OCc2ccccn2)c2ccc(COCc3ccc(B(OCc4ccccn4)c4ccccc4)cc3)cc2)cc1. The molecule has 6 aromatic rings. The molecular weight excluding hydrogens is 554 g/mol. The number of nitrogens with zero attached hydrogens (tertiary/aromatic N) is 2. The lowest BCUT2D eigenvalue weighted by Crippen LogP contribution is -2.44. The first kappa shape index (κ1) is 30.2. The fourth-order valence-corrected chi connectivity index (χ4v) is 5.19. The van der Waals surface area contributed by atoms with E-state index >= 15 is 0 Å². The number of hydrogen-bond acceptors (Lipinski definition) is 5. The second kappa shape index (κ2) is 15.8. The van der Waals surface area contributed by atoms with E-state index in [-0.39, 0.29) is 13.8 Å². The zero-order valence-corrected chi connectivity index (χ0v) is 25.1. The van der Waals surface area contributed by atoms with Gasteiger partial charge in [-0.1, -0.05) is 121 Å². The van der Waals surface area contributed by atoms with Gasteiger partial charge < -0.3 is 14.0 Å². The van der Waals surface area contributed by atoms with Crippen LogP contribution in [-0.4, -0.2) is 23.8 Å². The van der Waals surface area contributed by atoms with Gasteiger partial charge in [-0.15, -0.1) is 0 Å². The Hall–Kier alpha value is -4.81. The monoisotopic (exact) mass is 588 g/mol. The van der Waals surface area contributed by atoms with Crippen LogP contribution in [0.15, 0.2) is 158 Å². The number of pyridine rings is 2. The molecule has 5 nitrogen and oxygen atoms in total. The molecule has 0 aliphatic rings. The van der Waals surface area contributed by atoms with Crippen LogP contribution in [0.3, 0.4) is 0 Å². The average molecular weight is 588 g/mol. The van der Waals surface area contributed by atoms with Crippen molar-refractivity contribution >= 4 is 35.7 Å². The minimum Gasteiger partial charge on any atom is -0.421 e. The van der Waals surface area contributed by atoms with E-state index in [1.165, 1.54) is 0 Å². The molecule has 4 aromatic carbocycles. The summed E-state index contributed by atoms with van der Waals surface area (Å²) < 4.78 is 18.8. The van der Waals surface area contributed by atoms with Crippen molar-refractivity contribution in [3.8, 4) is 0 Å². The smallest absolute Gasteiger partial charge is 0.361 e. The summed E-state index contributed by atoms with van der Waals surface area (Å²) in [5.74, 6) is 0. The van der Waals surface area contributed by atoms with E-state index in [0.717, 1.165) is 44.4 Å². The molecule has 45 heavy (non-hydrogen) atoms. The van der Waals surface area contributed by atoms with Gasteiger partial charge in [-0.3, -0.25) is 9.97 Å². The standard InChI is InChI=1S/C38H34B2N2O3/c1-3-11-33(12-4-1)39(44-29-37-15-7-9-25-41-37)35-21-17-31(18-22-35)27-43-28-32-19-23-36(24-20-32)40(34-13-5-2-6-14-34)45-30-38-16-8-10-26-42-38/h1-26H,27-30H2. The maximum atomic E-state index is 6.37. The molecule has 0 radical (unpaired) electrons. The average Bonchev–Trinajstić information content (AvgIpc) is 3.11. The van der Waals surface area contributed by atoms with Crippen molar-refractivity contribution in [2.24, 2.45) is 0 Å². The van der Waals surface area contributed by atoms with Crippen LogP contribution >= 0.6 is 0 Å². The lowest BCUT2D eigenvalue weighted by Gasteiger charge is -2.16. The van der Waals surface area contributed by atoms with Crippen LogP contribution in [0.5, 0.6) is 0 Å². The molecule has 0 spiro atoms. The highest BCUT2D eigenvalue weighted by atomic mass is 16.5. The summed E-state index contributed by atoms with van der Waals surface area (Å²) in [5, 5.41) is 0. The Kier molecular flexibility index (Phi) is 10.6. The third kappa shape index (κ3) is 8.64. The van der Waals surface area contributed by atoms with E-state index in [4.69, 9.17) is 14.0 Å². The van der Waals surface area contributed by atoms with E-state index in [9.17, 15) is 0 Å². The van der Waals surface area contributed by atoms with Gasteiger partial charge >= 0.3 is 13.8 Å². The van der Waals surface area contributed by atoms with Crippen molar-refractivity contribution in [2.45, 2.75) is 26.4 Å². The molecule has 0 atom stereocenters. The Morgan fingerprint density at radius 2 is 0.756 bits per heavy atom. The molecule has 6 rings (SSSR count). The van der Waals surface area contributed by atoms with Gasteiger partial charge in [0.25, 0.3) is 0 Å². The van der Waals surface area contributed by atoms with Gasteiger partial charge in [-0.05, 0) is 57.2 Å². The maximum Gasteiger partial charge on any atom is 0.361 e. The summed E-state index contributed by atoms with van der Waals surface area (Å²) >= 11 is 0. The number of ether oxygens (including phenoxy) is 1. The van der Waals surface area contributed by atoms with Gasteiger partial charge in [0.05, 0.1) is 37.8 Å². The summed E-state index contributed by atoms with van der Waals surface area (Å²) in [6.45, 7) is 1.54. The maximum absolute atomic E-state index is 6.37. The highest BCUT2D eigenvalue weighted by Gasteiger charge is 2.23. The van der Waals surface area contributed by atoms with Crippen molar-refractivity contribution in [1.82, 2.24) is 9.97 Å². The molecule has 0 bridgehead atoms. The van der Waals surface area contributed by atoms with E-state index < -0.39 is 0 Å². The fraction of sp³-hybridized carbons (Fsp3) is 0.105. The minimum absolute atomic E-state index is 0.186. The van der Waals surface area contributed by atoms with Gasteiger partial charge in [-0.25, -0.2) is 0 Å². The number of rotatable bonds is 14. The molecule has 0 unspecified atom stereocenters. The first-order valence-electron chi connectivity index (χ1n) is 15.2. The van der Waals surface area contributed by atoms with Gasteiger partial charge in [-0.2, -0.15) is 0 Å². The van der Waals surface area contributed by atoms with E-state index in [1.54, 1.807) is 12.4 Å². The van der Waals surface area contributed by atoms with Crippen LogP contribution in [0.4, 0.5) is 0 Å². The Morgan fingerprint density at radius 3 is 1.13 bits per heavy atom. The van der Waals surface area contributed by atoms with E-state index in [2.05, 4.69) is 82.8 Å². The summed E-state index contributed by atoms with van der Waals surface area (Å²) in [4.78, 5) is 8.82. The Labute approximate surface area is 266 Å². The second-order valence-corrected chi connectivity index (χ2v) is 10.8. The van der Waals surface area contributed by atoms with Crippen molar-refractivity contribution in [3.05, 3.63) is 181 Å². The molecule has 2 heterocycles. The van der Waals surface area contributed by atoms with Gasteiger partial charge in [0.15, 0.2) is 0 Å². The molecule has 0 fully saturated rings. The molecule has 7 heteroatoms. The lowest BCUT2D eigenvalue weighted by molar-refractivity contribution is 0.107. The third-order valence-corrected chi connectivity index (χ3v) is 7.56. The van der Waals surface area contributed by atoms with Crippen LogP contribution in [0.25, 0.3) is 0 Å². The minimum atomic E-state index is -0.186. The Bertz CT molecular complexity index is 1580. The second-order valence-electron chi connectivity index (χ2n) is 10.8. The van der Waals surface area contributed by atoms with Gasteiger partial charge in [0.2, 0.25) is 0 Å². The predicted octanol–water partition coefficient (Wildman–Crippen LogP) is 4.84. The third-order valence-electron chi connectivity index (χ3n) is 7.56. The van der Waals surface area contributed by atoms with Crippen molar-refractivity contribution in [1.29, 1.82) is 0 Å². The van der Waals surface area contributed by atoms with Crippen molar-refractivity contribution in [3.63, 3.8) is 0 Å². The summed E-state index contributed by atoms with van der Waals surface area (Å²) in [6, 6.07) is 49.3. The Morgan fingerprint density at radius 1 is 0.378 bits per heavy atom. The number of benzene rings is 4. The normalized spacial score (nSPS) is 10.8. The van der Waals surface area contributed by atoms with Crippen LogP contribution in [0.1, 0.15) is 22.5 Å². The van der Waals surface area contributed by atoms with E-state index in [1.807, 2.05) is 72.8 Å². The number of aromatic nitrogens is 2. The first-order valence-corrected chi connectivity index (χ1v) is 15.2. The summed E-state index contributed by atoms with van der Waals surface area (Å²) in [5.41, 5.74) is 8.44. The molecule has 0 saturated carbocycles.